The zero-order chi connectivity index (χ0) is 32.6. The molecule has 0 aliphatic carbocycles. The summed E-state index contributed by atoms with van der Waals surface area (Å²) in [4.78, 5) is 19.0. The number of hydrogen-bond acceptors (Lipinski definition) is 8. The van der Waals surface area contributed by atoms with E-state index in [0.29, 0.717) is 65.7 Å². The summed E-state index contributed by atoms with van der Waals surface area (Å²) in [5.41, 5.74) is 0.760. The zero-order valence-electron chi connectivity index (χ0n) is 26.7. The predicted molar refractivity (Wildman–Crippen MR) is 176 cm³/mol. The van der Waals surface area contributed by atoms with Crippen molar-refractivity contribution in [3.05, 3.63) is 59.8 Å². The van der Waals surface area contributed by atoms with E-state index in [1.165, 1.54) is 18.2 Å². The number of anilines is 1. The first-order chi connectivity index (χ1) is 22.7. The Bertz CT molecular complexity index is 1920. The Kier molecular flexibility index (Phi) is 7.33. The average Bonchev–Trinajstić information content (AvgIpc) is 3.55. The second kappa shape index (κ2) is 11.3. The fourth-order valence-electron chi connectivity index (χ4n) is 8.54. The summed E-state index contributed by atoms with van der Waals surface area (Å²) >= 11 is 0. The Balaban J connectivity index is 1.36. The lowest BCUT2D eigenvalue weighted by atomic mass is 9.92. The number of ether oxygens (including phenoxy) is 1. The van der Waals surface area contributed by atoms with Crippen molar-refractivity contribution in [3.8, 4) is 23.0 Å². The molecule has 0 spiro atoms. The highest BCUT2D eigenvalue weighted by Gasteiger charge is 2.49. The molecule has 0 saturated carbocycles. The average molecular weight is 645 g/mol. The number of hydrogen-bond donors (Lipinski definition) is 2. The van der Waals surface area contributed by atoms with Crippen LogP contribution in [0.2, 0.25) is 0 Å². The molecule has 3 fully saturated rings. The van der Waals surface area contributed by atoms with E-state index in [9.17, 15) is 13.9 Å². The number of aryl methyl sites for hydroxylation is 1. The van der Waals surface area contributed by atoms with Crippen molar-refractivity contribution in [1.29, 1.82) is 0 Å². The molecule has 4 aliphatic rings. The number of piperazine rings is 1. The monoisotopic (exact) mass is 644 g/mol. The molecule has 5 atom stereocenters. The number of nitrogens with zero attached hydrogens (tertiary/aromatic N) is 5. The molecule has 0 radical (unpaired) electrons. The minimum absolute atomic E-state index is 0.0245. The molecular weight excluding hydrogens is 605 g/mol. The maximum Gasteiger partial charge on any atom is 0.319 e. The van der Waals surface area contributed by atoms with Crippen LogP contribution in [0, 0.1) is 18.6 Å². The number of fused-ring (bicyclic) bond motifs is 4. The van der Waals surface area contributed by atoms with Gasteiger partial charge in [0.05, 0.1) is 16.6 Å². The number of alkyl halides is 1. The highest BCUT2D eigenvalue weighted by Crippen LogP contribution is 2.46. The number of halogens is 3. The van der Waals surface area contributed by atoms with Crippen molar-refractivity contribution in [2.24, 2.45) is 0 Å². The molecule has 8 rings (SSSR count). The Morgan fingerprint density at radius 1 is 1.17 bits per heavy atom. The summed E-state index contributed by atoms with van der Waals surface area (Å²) in [6.45, 7) is 10.7. The van der Waals surface area contributed by atoms with E-state index in [0.717, 1.165) is 25.8 Å². The Hall–Kier alpha value is -3.96. The fraction of sp³-hybridized carbons (Fsp3) is 0.472. The molecule has 47 heavy (non-hydrogen) atoms. The number of aromatic hydroxyl groups is 1. The first kappa shape index (κ1) is 30.4. The van der Waals surface area contributed by atoms with Crippen molar-refractivity contribution in [2.75, 3.05) is 37.7 Å². The van der Waals surface area contributed by atoms with Gasteiger partial charge in [0.1, 0.15) is 41.4 Å². The Labute approximate surface area is 271 Å². The molecule has 0 bridgehead atoms. The van der Waals surface area contributed by atoms with Crippen molar-refractivity contribution >= 4 is 27.5 Å². The van der Waals surface area contributed by atoms with E-state index in [1.807, 2.05) is 6.08 Å². The fourth-order valence-corrected chi connectivity index (χ4v) is 8.54. The normalized spacial score (nSPS) is 27.2. The second-order valence-electron chi connectivity index (χ2n) is 13.7. The van der Waals surface area contributed by atoms with Crippen LogP contribution in [-0.4, -0.2) is 81.5 Å². The molecule has 3 saturated heterocycles. The highest BCUT2D eigenvalue weighted by molar-refractivity contribution is 6.02. The maximum absolute atomic E-state index is 17.2. The molecule has 0 amide bonds. The van der Waals surface area contributed by atoms with E-state index < -0.39 is 23.3 Å². The molecule has 6 heterocycles. The summed E-state index contributed by atoms with van der Waals surface area (Å²) in [5.74, 6) is -0.929. The van der Waals surface area contributed by atoms with Crippen LogP contribution in [0.5, 0.6) is 11.8 Å². The lowest BCUT2D eigenvalue weighted by molar-refractivity contribution is 0.107. The second-order valence-corrected chi connectivity index (χ2v) is 13.7. The summed E-state index contributed by atoms with van der Waals surface area (Å²) < 4.78 is 53.0. The minimum atomic E-state index is -0.913. The van der Waals surface area contributed by atoms with Gasteiger partial charge in [0.25, 0.3) is 0 Å². The Morgan fingerprint density at radius 2 is 2.02 bits per heavy atom. The van der Waals surface area contributed by atoms with Crippen molar-refractivity contribution in [3.63, 3.8) is 0 Å². The third kappa shape index (κ3) is 4.84. The molecule has 2 aromatic heterocycles. The van der Waals surface area contributed by atoms with Crippen LogP contribution in [0.4, 0.5) is 19.0 Å². The van der Waals surface area contributed by atoms with Crippen molar-refractivity contribution in [1.82, 2.24) is 25.2 Å². The van der Waals surface area contributed by atoms with E-state index >= 15 is 4.39 Å². The van der Waals surface area contributed by atoms with Gasteiger partial charge in [-0.05, 0) is 73.7 Å². The molecule has 2 N–H and O–H groups in total. The van der Waals surface area contributed by atoms with Gasteiger partial charge in [0, 0.05) is 49.6 Å². The predicted octanol–water partition coefficient (Wildman–Crippen LogP) is 6.32. The van der Waals surface area contributed by atoms with Crippen LogP contribution in [0.3, 0.4) is 0 Å². The highest BCUT2D eigenvalue weighted by atomic mass is 19.1. The largest absolute Gasteiger partial charge is 0.508 e. The van der Waals surface area contributed by atoms with Gasteiger partial charge >= 0.3 is 6.01 Å². The summed E-state index contributed by atoms with van der Waals surface area (Å²) in [5, 5.41) is 15.9. The molecule has 4 aliphatic heterocycles. The number of phenolic OH excluding ortho intramolecular Hbond substituents is 1. The number of nitrogens with one attached hydrogen (secondary N) is 1. The number of allylic oxidation sites excluding steroid dienone is 1. The summed E-state index contributed by atoms with van der Waals surface area (Å²) in [6, 6.07) is 6.13. The standard InChI is InChI=1S/C36H39F3N6O2/c1-4-20-11-24-15-40-23(5-2)17-45(24)34-29-31(20)41-32(26-13-25(46)12-21-7-8-27(38)19(3)28(21)26)30(39)33(29)42-35(43-34)47-18-36-9-6-10-44(36)16-22(37)14-36/h4,7-8,12-13,20,22-24,40,46H,1,5-6,9-11,14-18H2,2-3H3/t20-,22+,23+,24+,36-/m0/s1. The van der Waals surface area contributed by atoms with Gasteiger partial charge in [-0.25, -0.2) is 18.2 Å². The molecule has 4 aromatic rings. The van der Waals surface area contributed by atoms with Crippen LogP contribution in [-0.2, 0) is 0 Å². The van der Waals surface area contributed by atoms with Crippen LogP contribution in [0.25, 0.3) is 32.9 Å². The smallest absolute Gasteiger partial charge is 0.319 e. The summed E-state index contributed by atoms with van der Waals surface area (Å²) in [6.07, 6.45) is 4.67. The number of rotatable bonds is 6. The third-order valence-electron chi connectivity index (χ3n) is 11.0. The molecule has 246 valence electrons. The number of phenols is 1. The lowest BCUT2D eigenvalue weighted by Gasteiger charge is -2.41. The molecule has 2 aromatic carbocycles. The number of aromatic nitrogens is 3. The van der Waals surface area contributed by atoms with Gasteiger partial charge < -0.3 is 20.1 Å². The third-order valence-corrected chi connectivity index (χ3v) is 11.0. The van der Waals surface area contributed by atoms with Gasteiger partial charge in [0.2, 0.25) is 0 Å². The van der Waals surface area contributed by atoms with Gasteiger partial charge in [-0.15, -0.1) is 6.58 Å². The van der Waals surface area contributed by atoms with E-state index in [4.69, 9.17) is 19.7 Å². The van der Waals surface area contributed by atoms with Crippen LogP contribution < -0.4 is 15.0 Å². The summed E-state index contributed by atoms with van der Waals surface area (Å²) in [7, 11) is 0. The molecular formula is C36H39F3N6O2. The zero-order valence-corrected chi connectivity index (χ0v) is 26.7. The Morgan fingerprint density at radius 3 is 2.83 bits per heavy atom. The molecule has 11 heteroatoms. The maximum atomic E-state index is 17.2. The van der Waals surface area contributed by atoms with Crippen LogP contribution in [0.15, 0.2) is 36.9 Å². The van der Waals surface area contributed by atoms with E-state index in [2.05, 4.69) is 28.6 Å². The van der Waals surface area contributed by atoms with Gasteiger partial charge in [-0.3, -0.25) is 4.90 Å². The first-order valence-corrected chi connectivity index (χ1v) is 16.7. The number of benzene rings is 2. The van der Waals surface area contributed by atoms with Crippen molar-refractivity contribution < 1.29 is 23.0 Å². The van der Waals surface area contributed by atoms with Gasteiger partial charge in [-0.1, -0.05) is 19.1 Å². The van der Waals surface area contributed by atoms with Gasteiger partial charge in [-0.2, -0.15) is 9.97 Å². The lowest BCUT2D eigenvalue weighted by Crippen LogP contribution is -2.56. The van der Waals surface area contributed by atoms with E-state index in [-0.39, 0.29) is 53.1 Å². The number of pyridine rings is 1. The van der Waals surface area contributed by atoms with Crippen LogP contribution in [0.1, 0.15) is 56.2 Å². The van der Waals surface area contributed by atoms with Crippen LogP contribution >= 0.6 is 0 Å². The SMILES string of the molecule is C=C[C@H]1C[C@@H]2CN[C@H](CC)CN2c2nc(OC[C@@]34CCCN3C[C@H](F)C4)nc3c(F)c(-c4cc(O)cc5ccc(F)c(C)c45)nc1c23. The topological polar surface area (TPSA) is 86.6 Å². The quantitative estimate of drug-likeness (QED) is 0.236. The molecule has 8 nitrogen and oxygen atoms in total. The molecule has 0 unspecified atom stereocenters. The first-order valence-electron chi connectivity index (χ1n) is 16.7. The van der Waals surface area contributed by atoms with Gasteiger partial charge in [0.15, 0.2) is 5.82 Å². The van der Waals surface area contributed by atoms with Crippen molar-refractivity contribution in [2.45, 2.75) is 75.7 Å². The van der Waals surface area contributed by atoms with E-state index in [1.54, 1.807) is 13.0 Å². The minimum Gasteiger partial charge on any atom is -0.508 e.